The van der Waals surface area contributed by atoms with E-state index in [2.05, 4.69) is 5.32 Å². The number of hydrogen-bond acceptors (Lipinski definition) is 6. The van der Waals surface area contributed by atoms with Crippen LogP contribution in [-0.4, -0.2) is 35.8 Å². The molecule has 2 aromatic carbocycles. The first-order chi connectivity index (χ1) is 18.8. The predicted molar refractivity (Wildman–Crippen MR) is 146 cm³/mol. The van der Waals surface area contributed by atoms with Crippen LogP contribution >= 0.6 is 0 Å². The van der Waals surface area contributed by atoms with E-state index in [0.717, 1.165) is 5.56 Å². The van der Waals surface area contributed by atoms with E-state index in [1.54, 1.807) is 26.0 Å². The van der Waals surface area contributed by atoms with Crippen molar-refractivity contribution in [3.05, 3.63) is 95.1 Å². The number of ether oxygens (including phenoxy) is 2. The highest BCUT2D eigenvalue weighted by molar-refractivity contribution is 5.96. The number of nitrogens with zero attached hydrogens (tertiary/aromatic N) is 1. The maximum atomic E-state index is 13.4. The zero-order valence-electron chi connectivity index (χ0n) is 22.7. The van der Waals surface area contributed by atoms with E-state index in [1.165, 1.54) is 4.90 Å². The van der Waals surface area contributed by atoms with E-state index < -0.39 is 11.9 Å². The molecule has 0 spiro atoms. The van der Waals surface area contributed by atoms with Crippen molar-refractivity contribution in [2.24, 2.45) is 5.92 Å². The Morgan fingerprint density at radius 2 is 1.79 bits per heavy atom. The number of benzene rings is 2. The van der Waals surface area contributed by atoms with Crippen LogP contribution in [0.4, 0.5) is 0 Å². The summed E-state index contributed by atoms with van der Waals surface area (Å²) < 4.78 is 17.1. The minimum Gasteiger partial charge on any atom is -0.463 e. The van der Waals surface area contributed by atoms with Gasteiger partial charge in [-0.2, -0.15) is 0 Å². The molecule has 1 N–H and O–H groups in total. The number of para-hydroxylation sites is 1. The minimum atomic E-state index is -0.499. The van der Waals surface area contributed by atoms with Gasteiger partial charge in [0.25, 0.3) is 5.91 Å². The Balaban J connectivity index is 1.60. The molecular formula is C31H34N2O6. The fraction of sp³-hybridized carbons (Fsp3) is 0.323. The maximum absolute atomic E-state index is 13.4. The third-order valence-corrected chi connectivity index (χ3v) is 6.43. The van der Waals surface area contributed by atoms with Crippen molar-refractivity contribution < 1.29 is 28.3 Å². The van der Waals surface area contributed by atoms with Gasteiger partial charge in [-0.05, 0) is 61.7 Å². The van der Waals surface area contributed by atoms with Crippen molar-refractivity contribution in [3.63, 3.8) is 0 Å². The second-order valence-corrected chi connectivity index (χ2v) is 9.81. The Kier molecular flexibility index (Phi) is 8.86. The smallest absolute Gasteiger partial charge is 0.336 e. The van der Waals surface area contributed by atoms with Crippen LogP contribution in [0.5, 0.6) is 11.5 Å². The molecule has 0 fully saturated rings. The molecule has 0 aliphatic carbocycles. The zero-order chi connectivity index (χ0) is 27.9. The summed E-state index contributed by atoms with van der Waals surface area (Å²) in [6.45, 7) is 8.33. The number of amides is 2. The molecule has 0 radical (unpaired) electrons. The molecule has 204 valence electrons. The lowest BCUT2D eigenvalue weighted by Gasteiger charge is -2.34. The number of carbonyl (C=O) groups excluding carboxylic acids is 3. The van der Waals surface area contributed by atoms with Crippen LogP contribution in [-0.2, 0) is 20.9 Å². The Morgan fingerprint density at radius 3 is 2.51 bits per heavy atom. The van der Waals surface area contributed by atoms with Gasteiger partial charge < -0.3 is 24.1 Å². The molecule has 39 heavy (non-hydrogen) atoms. The third-order valence-electron chi connectivity index (χ3n) is 6.43. The van der Waals surface area contributed by atoms with Crippen LogP contribution in [0.2, 0.25) is 0 Å². The topological polar surface area (TPSA) is 98.1 Å². The Hall–Kier alpha value is -4.33. The SMILES string of the molecule is CCOC(=O)C1=C(C)N(Cc2ccc(C(=O)NCC(C)C)o2)C(=O)CC1c1cccc(Oc2ccccc2)c1. The van der Waals surface area contributed by atoms with Crippen LogP contribution in [0, 0.1) is 5.92 Å². The first-order valence-corrected chi connectivity index (χ1v) is 13.1. The summed E-state index contributed by atoms with van der Waals surface area (Å²) in [5, 5.41) is 2.82. The molecular weight excluding hydrogens is 496 g/mol. The first kappa shape index (κ1) is 27.7. The average Bonchev–Trinajstić information content (AvgIpc) is 3.39. The molecule has 1 aliphatic rings. The third kappa shape index (κ3) is 6.76. The second kappa shape index (κ2) is 12.5. The lowest BCUT2D eigenvalue weighted by Crippen LogP contribution is -2.38. The van der Waals surface area contributed by atoms with E-state index in [-0.39, 0.29) is 37.1 Å². The molecule has 2 heterocycles. The molecule has 8 heteroatoms. The van der Waals surface area contributed by atoms with E-state index in [9.17, 15) is 14.4 Å². The van der Waals surface area contributed by atoms with Crippen LogP contribution < -0.4 is 10.1 Å². The maximum Gasteiger partial charge on any atom is 0.336 e. The van der Waals surface area contributed by atoms with Gasteiger partial charge in [0.2, 0.25) is 5.91 Å². The van der Waals surface area contributed by atoms with Crippen molar-refractivity contribution in [1.29, 1.82) is 0 Å². The number of esters is 1. The number of rotatable bonds is 10. The normalized spacial score (nSPS) is 15.5. The summed E-state index contributed by atoms with van der Waals surface area (Å²) in [5.41, 5.74) is 1.68. The van der Waals surface area contributed by atoms with Gasteiger partial charge in [0.15, 0.2) is 5.76 Å². The molecule has 1 unspecified atom stereocenters. The monoisotopic (exact) mass is 530 g/mol. The fourth-order valence-electron chi connectivity index (χ4n) is 4.51. The molecule has 0 saturated carbocycles. The van der Waals surface area contributed by atoms with E-state index in [0.29, 0.717) is 41.0 Å². The molecule has 2 amide bonds. The highest BCUT2D eigenvalue weighted by atomic mass is 16.5. The summed E-state index contributed by atoms with van der Waals surface area (Å²) in [4.78, 5) is 40.5. The van der Waals surface area contributed by atoms with Gasteiger partial charge in [-0.1, -0.05) is 44.2 Å². The standard InChI is InChI=1S/C31H34N2O6/c1-5-37-31(36)29-21(4)33(19-25-14-15-27(39-25)30(35)32-18-20(2)3)28(34)17-26(29)22-10-9-13-24(16-22)38-23-11-7-6-8-12-23/h6-16,20,26H,5,17-19H2,1-4H3,(H,32,35). The number of allylic oxidation sites excluding steroid dienone is 1. The summed E-state index contributed by atoms with van der Waals surface area (Å²) in [5.74, 6) is 0.775. The highest BCUT2D eigenvalue weighted by Gasteiger charge is 2.37. The van der Waals surface area contributed by atoms with Gasteiger partial charge in [0.05, 0.1) is 18.7 Å². The summed E-state index contributed by atoms with van der Waals surface area (Å²) in [6.07, 6.45) is 0.0721. The number of hydrogen-bond donors (Lipinski definition) is 1. The van der Waals surface area contributed by atoms with Crippen molar-refractivity contribution in [3.8, 4) is 11.5 Å². The van der Waals surface area contributed by atoms with Crippen LogP contribution in [0.25, 0.3) is 0 Å². The fourth-order valence-corrected chi connectivity index (χ4v) is 4.51. The average molecular weight is 531 g/mol. The Morgan fingerprint density at radius 1 is 1.05 bits per heavy atom. The van der Waals surface area contributed by atoms with Gasteiger partial charge in [0, 0.05) is 24.6 Å². The van der Waals surface area contributed by atoms with Gasteiger partial charge in [-0.3, -0.25) is 9.59 Å². The molecule has 0 saturated heterocycles. The molecule has 8 nitrogen and oxygen atoms in total. The Bertz CT molecular complexity index is 1360. The van der Waals surface area contributed by atoms with Crippen LogP contribution in [0.15, 0.2) is 82.4 Å². The highest BCUT2D eigenvalue weighted by Crippen LogP contribution is 2.39. The molecule has 1 aliphatic heterocycles. The summed E-state index contributed by atoms with van der Waals surface area (Å²) >= 11 is 0. The predicted octanol–water partition coefficient (Wildman–Crippen LogP) is 5.81. The van der Waals surface area contributed by atoms with Gasteiger partial charge >= 0.3 is 5.97 Å². The van der Waals surface area contributed by atoms with E-state index >= 15 is 0 Å². The molecule has 0 bridgehead atoms. The molecule has 4 rings (SSSR count). The van der Waals surface area contributed by atoms with Gasteiger partial charge in [0.1, 0.15) is 17.3 Å². The second-order valence-electron chi connectivity index (χ2n) is 9.81. The molecule has 3 aromatic rings. The lowest BCUT2D eigenvalue weighted by molar-refractivity contribution is -0.140. The minimum absolute atomic E-state index is 0.0721. The Labute approximate surface area is 228 Å². The van der Waals surface area contributed by atoms with Crippen LogP contribution in [0.3, 0.4) is 0 Å². The molecule has 1 atom stereocenters. The summed E-state index contributed by atoms with van der Waals surface area (Å²) in [7, 11) is 0. The van der Waals surface area contributed by atoms with Gasteiger partial charge in [-0.25, -0.2) is 4.79 Å². The van der Waals surface area contributed by atoms with E-state index in [4.69, 9.17) is 13.9 Å². The zero-order valence-corrected chi connectivity index (χ0v) is 22.7. The summed E-state index contributed by atoms with van der Waals surface area (Å²) in [6, 6.07) is 20.1. The van der Waals surface area contributed by atoms with Gasteiger partial charge in [-0.15, -0.1) is 0 Å². The first-order valence-electron chi connectivity index (χ1n) is 13.1. The van der Waals surface area contributed by atoms with E-state index in [1.807, 2.05) is 68.4 Å². The quantitative estimate of drug-likeness (QED) is 0.332. The van der Waals surface area contributed by atoms with Crippen molar-refractivity contribution in [2.45, 2.75) is 46.6 Å². The number of nitrogens with one attached hydrogen (secondary N) is 1. The number of furan rings is 1. The largest absolute Gasteiger partial charge is 0.463 e. The van der Waals surface area contributed by atoms with Crippen molar-refractivity contribution in [1.82, 2.24) is 10.2 Å². The molecule has 1 aromatic heterocycles. The lowest BCUT2D eigenvalue weighted by atomic mass is 9.83. The van der Waals surface area contributed by atoms with Crippen LogP contribution in [0.1, 0.15) is 61.9 Å². The van der Waals surface area contributed by atoms with Crippen molar-refractivity contribution in [2.75, 3.05) is 13.2 Å². The van der Waals surface area contributed by atoms with Crippen molar-refractivity contribution >= 4 is 17.8 Å². The number of carbonyl (C=O) groups is 3.